The van der Waals surface area contributed by atoms with Gasteiger partial charge < -0.3 is 4.57 Å². The van der Waals surface area contributed by atoms with E-state index >= 15 is 0 Å². The molecule has 0 radical (unpaired) electrons. The second-order valence-corrected chi connectivity index (χ2v) is 15.4. The average molecular weight is 747 g/mol. The SMILES string of the molecule is c1ccc(-c2ccc3c(n2)c2ccc4sc5ccccc5c4c2n3-c2ccc3c(c2)c2ccccc2n3-c2nc(-c3ccccc3)nc(-c3ccccc3)n2)cc1. The van der Waals surface area contributed by atoms with Gasteiger partial charge in [0.2, 0.25) is 5.95 Å². The van der Waals surface area contributed by atoms with Crippen molar-refractivity contribution >= 4 is 75.3 Å². The van der Waals surface area contributed by atoms with Gasteiger partial charge in [0, 0.05) is 58.7 Å². The van der Waals surface area contributed by atoms with Gasteiger partial charge in [0.25, 0.3) is 0 Å². The van der Waals surface area contributed by atoms with E-state index in [1.54, 1.807) is 0 Å². The quantitative estimate of drug-likeness (QED) is 0.176. The largest absolute Gasteiger partial charge is 0.307 e. The van der Waals surface area contributed by atoms with Crippen LogP contribution in [0.5, 0.6) is 0 Å². The van der Waals surface area contributed by atoms with Crippen LogP contribution in [0.15, 0.2) is 182 Å². The highest BCUT2D eigenvalue weighted by Gasteiger charge is 2.22. The molecule has 57 heavy (non-hydrogen) atoms. The summed E-state index contributed by atoms with van der Waals surface area (Å²) < 4.78 is 7.13. The molecule has 0 aliphatic carbocycles. The highest BCUT2D eigenvalue weighted by molar-refractivity contribution is 7.26. The summed E-state index contributed by atoms with van der Waals surface area (Å²) in [5.74, 6) is 1.82. The van der Waals surface area contributed by atoms with E-state index in [-0.39, 0.29) is 0 Å². The van der Waals surface area contributed by atoms with Crippen molar-refractivity contribution < 1.29 is 0 Å². The van der Waals surface area contributed by atoms with Gasteiger partial charge in [-0.05, 0) is 54.6 Å². The van der Waals surface area contributed by atoms with E-state index in [4.69, 9.17) is 19.9 Å². The zero-order valence-corrected chi connectivity index (χ0v) is 31.2. The number of benzene rings is 7. The third-order valence-electron chi connectivity index (χ3n) is 11.0. The van der Waals surface area contributed by atoms with E-state index in [0.717, 1.165) is 66.3 Å². The lowest BCUT2D eigenvalue weighted by Gasteiger charge is -2.12. The minimum Gasteiger partial charge on any atom is -0.307 e. The van der Waals surface area contributed by atoms with E-state index in [0.29, 0.717) is 17.6 Å². The van der Waals surface area contributed by atoms with Crippen molar-refractivity contribution in [2.24, 2.45) is 0 Å². The standard InChI is InChI=1S/C50H30N6S/c1-4-14-31(15-5-1)39-26-28-42-46(51-39)37-25-29-44-45(36-21-11-13-23-43(36)57-44)47(37)55(42)34-24-27-41-38(30-34)35-20-10-12-22-40(35)56(41)50-53-48(32-16-6-2-7-17-32)52-49(54-50)33-18-8-3-9-19-33/h1-30H. The predicted molar refractivity (Wildman–Crippen MR) is 235 cm³/mol. The van der Waals surface area contributed by atoms with Crippen LogP contribution in [0, 0.1) is 0 Å². The van der Waals surface area contributed by atoms with Crippen molar-refractivity contribution in [2.75, 3.05) is 0 Å². The van der Waals surface area contributed by atoms with Crippen LogP contribution in [-0.2, 0) is 0 Å². The number of thiophene rings is 1. The third kappa shape index (κ3) is 4.96. The molecule has 0 atom stereocenters. The molecule has 0 aliphatic heterocycles. The van der Waals surface area contributed by atoms with E-state index in [1.165, 1.54) is 25.7 Å². The Morgan fingerprint density at radius 3 is 1.74 bits per heavy atom. The fourth-order valence-electron chi connectivity index (χ4n) is 8.42. The number of hydrogen-bond donors (Lipinski definition) is 0. The van der Waals surface area contributed by atoms with Crippen molar-refractivity contribution in [1.82, 2.24) is 29.1 Å². The topological polar surface area (TPSA) is 61.4 Å². The van der Waals surface area contributed by atoms with Crippen LogP contribution >= 0.6 is 11.3 Å². The Labute approximate surface area is 330 Å². The molecule has 0 unspecified atom stereocenters. The number of nitrogens with zero attached hydrogens (tertiary/aromatic N) is 6. The molecule has 12 rings (SSSR count). The van der Waals surface area contributed by atoms with Crippen LogP contribution in [0.1, 0.15) is 0 Å². The lowest BCUT2D eigenvalue weighted by atomic mass is 10.1. The molecule has 0 fully saturated rings. The third-order valence-corrected chi connectivity index (χ3v) is 12.1. The molecule has 12 aromatic rings. The first kappa shape index (κ1) is 31.8. The molecule has 266 valence electrons. The van der Waals surface area contributed by atoms with Gasteiger partial charge in [0.05, 0.1) is 33.3 Å². The number of aromatic nitrogens is 6. The number of rotatable bonds is 5. The lowest BCUT2D eigenvalue weighted by molar-refractivity contribution is 0.953. The highest BCUT2D eigenvalue weighted by atomic mass is 32.1. The Bertz CT molecular complexity index is 3460. The summed E-state index contributed by atoms with van der Waals surface area (Å²) >= 11 is 1.84. The minimum absolute atomic E-state index is 0.572. The first-order chi connectivity index (χ1) is 28.3. The van der Waals surface area contributed by atoms with Crippen molar-refractivity contribution in [3.05, 3.63) is 182 Å². The maximum absolute atomic E-state index is 5.37. The van der Waals surface area contributed by atoms with Gasteiger partial charge in [-0.1, -0.05) is 127 Å². The van der Waals surface area contributed by atoms with E-state index < -0.39 is 0 Å². The predicted octanol–water partition coefficient (Wildman–Crippen LogP) is 12.8. The van der Waals surface area contributed by atoms with Gasteiger partial charge in [-0.2, -0.15) is 9.97 Å². The number of pyridine rings is 1. The monoisotopic (exact) mass is 746 g/mol. The normalized spacial score (nSPS) is 11.9. The summed E-state index contributed by atoms with van der Waals surface area (Å²) in [6.07, 6.45) is 0. The number of fused-ring (bicyclic) bond motifs is 10. The Morgan fingerprint density at radius 1 is 0.386 bits per heavy atom. The molecule has 0 spiro atoms. The molecule has 0 saturated carbocycles. The molecule has 7 heteroatoms. The van der Waals surface area contributed by atoms with E-state index in [2.05, 4.69) is 124 Å². The van der Waals surface area contributed by atoms with Crippen LogP contribution < -0.4 is 0 Å². The van der Waals surface area contributed by atoms with Gasteiger partial charge in [-0.3, -0.25) is 4.57 Å². The Balaban J connectivity index is 1.14. The Kier molecular flexibility index (Phi) is 7.00. The van der Waals surface area contributed by atoms with Crippen LogP contribution in [0.2, 0.25) is 0 Å². The Hall–Kier alpha value is -7.48. The summed E-state index contributed by atoms with van der Waals surface area (Å²) in [6, 6.07) is 63.6. The summed E-state index contributed by atoms with van der Waals surface area (Å²) in [5.41, 5.74) is 10.2. The molecule has 0 saturated heterocycles. The van der Waals surface area contributed by atoms with Gasteiger partial charge in [0.15, 0.2) is 11.6 Å². The van der Waals surface area contributed by atoms with Gasteiger partial charge in [0.1, 0.15) is 0 Å². The summed E-state index contributed by atoms with van der Waals surface area (Å²) in [7, 11) is 0. The molecule has 5 aromatic heterocycles. The van der Waals surface area contributed by atoms with Crippen LogP contribution in [-0.4, -0.2) is 29.1 Å². The second-order valence-electron chi connectivity index (χ2n) is 14.3. The number of hydrogen-bond acceptors (Lipinski definition) is 5. The highest BCUT2D eigenvalue weighted by Crippen LogP contribution is 2.44. The molecule has 0 amide bonds. The zero-order chi connectivity index (χ0) is 37.5. The fraction of sp³-hybridized carbons (Fsp3) is 0. The molecular formula is C50H30N6S. The molecule has 7 aromatic carbocycles. The maximum atomic E-state index is 5.37. The first-order valence-corrected chi connectivity index (χ1v) is 19.8. The molecule has 0 N–H and O–H groups in total. The van der Waals surface area contributed by atoms with Crippen LogP contribution in [0.4, 0.5) is 0 Å². The minimum atomic E-state index is 0.572. The Morgan fingerprint density at radius 2 is 1.00 bits per heavy atom. The molecule has 0 aliphatic rings. The van der Waals surface area contributed by atoms with Crippen LogP contribution in [0.3, 0.4) is 0 Å². The van der Waals surface area contributed by atoms with Crippen molar-refractivity contribution in [3.63, 3.8) is 0 Å². The van der Waals surface area contributed by atoms with Gasteiger partial charge in [-0.15, -0.1) is 11.3 Å². The van der Waals surface area contributed by atoms with Gasteiger partial charge >= 0.3 is 0 Å². The fourth-order valence-corrected chi connectivity index (χ4v) is 9.53. The summed E-state index contributed by atoms with van der Waals surface area (Å²) in [5, 5.41) is 5.87. The van der Waals surface area contributed by atoms with Crippen molar-refractivity contribution in [1.29, 1.82) is 0 Å². The molecular weight excluding hydrogens is 717 g/mol. The molecule has 0 bridgehead atoms. The molecule has 5 heterocycles. The summed E-state index contributed by atoms with van der Waals surface area (Å²) in [6.45, 7) is 0. The number of para-hydroxylation sites is 1. The molecule has 6 nitrogen and oxygen atoms in total. The first-order valence-electron chi connectivity index (χ1n) is 19.0. The average Bonchev–Trinajstić information content (AvgIpc) is 3.94. The zero-order valence-electron chi connectivity index (χ0n) is 30.4. The van der Waals surface area contributed by atoms with E-state index in [1.807, 2.05) is 78.1 Å². The van der Waals surface area contributed by atoms with Crippen molar-refractivity contribution in [2.45, 2.75) is 0 Å². The summed E-state index contributed by atoms with van der Waals surface area (Å²) in [4.78, 5) is 20.6. The second kappa shape index (κ2) is 12.5. The van der Waals surface area contributed by atoms with Crippen molar-refractivity contribution in [3.8, 4) is 45.7 Å². The smallest absolute Gasteiger partial charge is 0.238 e. The van der Waals surface area contributed by atoms with Gasteiger partial charge in [-0.25, -0.2) is 9.97 Å². The van der Waals surface area contributed by atoms with Crippen LogP contribution in [0.25, 0.3) is 110 Å². The van der Waals surface area contributed by atoms with E-state index in [9.17, 15) is 0 Å². The maximum Gasteiger partial charge on any atom is 0.238 e. The lowest BCUT2D eigenvalue weighted by Crippen LogP contribution is -2.06.